The Morgan fingerprint density at radius 1 is 1.12 bits per heavy atom. The second-order valence-electron chi connectivity index (χ2n) is 12.4. The molecule has 0 aromatic heterocycles. The van der Waals surface area contributed by atoms with Gasteiger partial charge in [0.15, 0.2) is 5.78 Å². The summed E-state index contributed by atoms with van der Waals surface area (Å²) in [5, 5.41) is 9.75. The maximum absolute atomic E-state index is 13.5. The number of nitrogens with zero attached hydrogens (tertiary/aromatic N) is 2. The summed E-state index contributed by atoms with van der Waals surface area (Å²) in [4.78, 5) is 42.5. The molecule has 188 valence electrons. The second-order valence-corrected chi connectivity index (χ2v) is 12.4. The number of rotatable bonds is 4. The van der Waals surface area contributed by atoms with Gasteiger partial charge in [-0.1, -0.05) is 19.9 Å². The van der Waals surface area contributed by atoms with E-state index in [-0.39, 0.29) is 28.4 Å². The third-order valence-corrected chi connectivity index (χ3v) is 9.83. The van der Waals surface area contributed by atoms with Gasteiger partial charge in [0.25, 0.3) is 0 Å². The molecule has 1 N–H and O–H groups in total. The monoisotopic (exact) mass is 470 g/mol. The number of hydrogen-bond acceptors (Lipinski definition) is 4. The number of likely N-dealkylation sites (tertiary alicyclic amines) is 1. The Bertz CT molecular complexity index is 956. The van der Waals surface area contributed by atoms with E-state index in [0.29, 0.717) is 17.7 Å². The topological polar surface area (TPSA) is 77.9 Å². The number of carbonyl (C=O) groups is 3. The molecule has 0 aromatic rings. The molecule has 3 aliphatic carbocycles. The molecule has 1 aliphatic heterocycles. The summed E-state index contributed by atoms with van der Waals surface area (Å²) in [6, 6.07) is 0. The third kappa shape index (κ3) is 3.54. The van der Waals surface area contributed by atoms with Crippen LogP contribution in [0.25, 0.3) is 0 Å². The van der Waals surface area contributed by atoms with Crippen LogP contribution in [0.15, 0.2) is 23.4 Å². The number of carbonyl (C=O) groups excluding carboxylic acids is 2. The molecule has 1 heterocycles. The van der Waals surface area contributed by atoms with Gasteiger partial charge in [0.1, 0.15) is 5.57 Å². The molecule has 34 heavy (non-hydrogen) atoms. The van der Waals surface area contributed by atoms with Crippen LogP contribution < -0.4 is 0 Å². The summed E-state index contributed by atoms with van der Waals surface area (Å²) >= 11 is 0. The van der Waals surface area contributed by atoms with Crippen molar-refractivity contribution >= 4 is 17.7 Å². The first-order valence-corrected chi connectivity index (χ1v) is 13.1. The van der Waals surface area contributed by atoms with Crippen molar-refractivity contribution in [1.29, 1.82) is 0 Å². The van der Waals surface area contributed by atoms with Gasteiger partial charge >= 0.3 is 5.97 Å². The van der Waals surface area contributed by atoms with E-state index in [1.807, 2.05) is 4.90 Å². The number of carboxylic acid groups (broad SMARTS) is 1. The molecule has 1 saturated heterocycles. The minimum Gasteiger partial charge on any atom is -0.478 e. The highest BCUT2D eigenvalue weighted by Crippen LogP contribution is 2.65. The Labute approximate surface area is 204 Å². The highest BCUT2D eigenvalue weighted by Gasteiger charge is 2.62. The van der Waals surface area contributed by atoms with E-state index in [0.717, 1.165) is 51.0 Å². The average Bonchev–Trinajstić information content (AvgIpc) is 3.10. The van der Waals surface area contributed by atoms with Crippen LogP contribution in [0.5, 0.6) is 0 Å². The number of amides is 1. The predicted molar refractivity (Wildman–Crippen MR) is 132 cm³/mol. The smallest absolute Gasteiger partial charge is 0.339 e. The Hall–Kier alpha value is -2.11. The van der Waals surface area contributed by atoms with Crippen molar-refractivity contribution in [2.24, 2.45) is 34.5 Å². The Morgan fingerprint density at radius 3 is 2.32 bits per heavy atom. The molecule has 4 aliphatic rings. The lowest BCUT2D eigenvalue weighted by Crippen LogP contribution is -2.61. The molecule has 2 saturated carbocycles. The van der Waals surface area contributed by atoms with E-state index >= 15 is 0 Å². The van der Waals surface area contributed by atoms with E-state index in [9.17, 15) is 19.5 Å². The summed E-state index contributed by atoms with van der Waals surface area (Å²) in [5.41, 5.74) is 0.130. The summed E-state index contributed by atoms with van der Waals surface area (Å²) in [6.45, 7) is 17.4. The minimum atomic E-state index is -1.14. The zero-order valence-electron chi connectivity index (χ0n) is 22.0. The van der Waals surface area contributed by atoms with Gasteiger partial charge in [0, 0.05) is 48.3 Å². The fraction of sp³-hybridized carbons (Fsp3) is 0.750. The molecule has 6 heteroatoms. The molecular formula is C28H42N2O4. The van der Waals surface area contributed by atoms with Gasteiger partial charge in [0.2, 0.25) is 5.91 Å². The normalized spacial score (nSPS) is 37.3. The number of piperidine rings is 1. The standard InChI is InChI=1S/C28H42N2O4/c1-8-29(9-2)24(32)21-11-10-19-18-16-30(26(3,4)5)23-14-22(31)17(25(33)34)15-28(23,7)20(18)12-13-27(19,21)6/h14-15,18-21H,8-13,16H2,1-7H3,(H,33,34)/t18-,19-,20-,21+,27-,28+/m0/s1. The fourth-order valence-corrected chi connectivity index (χ4v) is 8.03. The number of hydrogen-bond donors (Lipinski definition) is 1. The highest BCUT2D eigenvalue weighted by molar-refractivity contribution is 6.22. The van der Waals surface area contributed by atoms with Crippen LogP contribution in [-0.2, 0) is 14.4 Å². The van der Waals surface area contributed by atoms with E-state index in [1.165, 1.54) is 0 Å². The van der Waals surface area contributed by atoms with E-state index in [4.69, 9.17) is 0 Å². The van der Waals surface area contributed by atoms with E-state index in [1.54, 1.807) is 12.2 Å². The Balaban J connectivity index is 1.76. The molecule has 3 fully saturated rings. The van der Waals surface area contributed by atoms with Gasteiger partial charge in [-0.2, -0.15) is 0 Å². The maximum Gasteiger partial charge on any atom is 0.339 e. The molecule has 0 spiro atoms. The molecule has 6 nitrogen and oxygen atoms in total. The van der Waals surface area contributed by atoms with Gasteiger partial charge in [-0.25, -0.2) is 4.79 Å². The summed E-state index contributed by atoms with van der Waals surface area (Å²) in [7, 11) is 0. The van der Waals surface area contributed by atoms with Crippen molar-refractivity contribution in [1.82, 2.24) is 9.80 Å². The second kappa shape index (κ2) is 8.23. The summed E-state index contributed by atoms with van der Waals surface area (Å²) < 4.78 is 0. The molecule has 0 aromatic carbocycles. The largest absolute Gasteiger partial charge is 0.478 e. The average molecular weight is 471 g/mol. The van der Waals surface area contributed by atoms with Crippen LogP contribution >= 0.6 is 0 Å². The van der Waals surface area contributed by atoms with Crippen molar-refractivity contribution in [2.75, 3.05) is 19.6 Å². The molecule has 0 bridgehead atoms. The van der Waals surface area contributed by atoms with Gasteiger partial charge in [-0.3, -0.25) is 9.59 Å². The van der Waals surface area contributed by atoms with Crippen molar-refractivity contribution in [2.45, 2.75) is 79.7 Å². The van der Waals surface area contributed by atoms with Gasteiger partial charge < -0.3 is 14.9 Å². The zero-order valence-corrected chi connectivity index (χ0v) is 22.0. The van der Waals surface area contributed by atoms with Crippen molar-refractivity contribution in [3.05, 3.63) is 23.4 Å². The third-order valence-electron chi connectivity index (χ3n) is 9.83. The number of carboxylic acids is 1. The van der Waals surface area contributed by atoms with Crippen LogP contribution in [0.3, 0.4) is 0 Å². The molecule has 6 atom stereocenters. The lowest BCUT2D eigenvalue weighted by Gasteiger charge is -2.62. The van der Waals surface area contributed by atoms with Crippen molar-refractivity contribution in [3.63, 3.8) is 0 Å². The highest BCUT2D eigenvalue weighted by atomic mass is 16.4. The SMILES string of the molecule is CCN(CC)C(=O)[C@H]1CC[C@H]2[C@@H]3CN(C(C)(C)C)C4=CC(=O)C(C(=O)O)=C[C@]4(C)[C@H]3CC[C@]12C. The molecule has 0 radical (unpaired) electrons. The molecule has 1 amide bonds. The molecule has 0 unspecified atom stereocenters. The number of ketones is 1. The molecule has 4 rings (SSSR count). The van der Waals surface area contributed by atoms with E-state index < -0.39 is 17.2 Å². The molecular weight excluding hydrogens is 428 g/mol. The van der Waals surface area contributed by atoms with Crippen LogP contribution in [-0.4, -0.2) is 57.7 Å². The van der Waals surface area contributed by atoms with Crippen LogP contribution in [0.1, 0.15) is 74.1 Å². The van der Waals surface area contributed by atoms with Crippen LogP contribution in [0.4, 0.5) is 0 Å². The zero-order chi connectivity index (χ0) is 25.2. The summed E-state index contributed by atoms with van der Waals surface area (Å²) in [6.07, 6.45) is 7.25. The lowest BCUT2D eigenvalue weighted by atomic mass is 9.50. The van der Waals surface area contributed by atoms with Crippen molar-refractivity contribution in [3.8, 4) is 0 Å². The first kappa shape index (κ1) is 25.0. The van der Waals surface area contributed by atoms with Gasteiger partial charge in [-0.15, -0.1) is 0 Å². The van der Waals surface area contributed by atoms with Gasteiger partial charge in [-0.05, 0) is 83.5 Å². The van der Waals surface area contributed by atoms with Gasteiger partial charge in [0.05, 0.1) is 0 Å². The Kier molecular flexibility index (Phi) is 6.05. The number of fused-ring (bicyclic) bond motifs is 5. The maximum atomic E-state index is 13.5. The first-order valence-electron chi connectivity index (χ1n) is 13.1. The minimum absolute atomic E-state index is 0.0359. The van der Waals surface area contributed by atoms with E-state index in [2.05, 4.69) is 53.4 Å². The van der Waals surface area contributed by atoms with Crippen LogP contribution in [0.2, 0.25) is 0 Å². The fourth-order valence-electron chi connectivity index (χ4n) is 8.03. The van der Waals surface area contributed by atoms with Crippen molar-refractivity contribution < 1.29 is 19.5 Å². The number of allylic oxidation sites excluding steroid dienone is 2. The summed E-state index contributed by atoms with van der Waals surface area (Å²) in [5.74, 6) is -0.145. The predicted octanol–water partition coefficient (Wildman–Crippen LogP) is 4.51. The number of aliphatic carboxylic acids is 1. The Morgan fingerprint density at radius 2 is 1.76 bits per heavy atom. The quantitative estimate of drug-likeness (QED) is 0.612. The first-order chi connectivity index (χ1) is 15.8. The lowest BCUT2D eigenvalue weighted by molar-refractivity contribution is -0.143. The van der Waals surface area contributed by atoms with Crippen LogP contribution in [0, 0.1) is 34.5 Å².